The number of hydrogen-bond acceptors (Lipinski definition) is 4. The molecule has 1 aliphatic heterocycles. The summed E-state index contributed by atoms with van der Waals surface area (Å²) in [5.41, 5.74) is 1.67. The molecule has 138 valence electrons. The summed E-state index contributed by atoms with van der Waals surface area (Å²) in [4.78, 5) is 28.9. The first-order valence-corrected chi connectivity index (χ1v) is 9.97. The topological polar surface area (TPSA) is 64.3 Å². The molecule has 3 rings (SSSR count). The fourth-order valence-electron chi connectivity index (χ4n) is 3.76. The van der Waals surface area contributed by atoms with E-state index in [2.05, 4.69) is 19.3 Å². The smallest absolute Gasteiger partial charge is 0.341 e. The minimum atomic E-state index is -0.335. The number of likely N-dealkylation sites (N-methyl/N-ethyl adjacent to an activating group) is 1. The number of piperazine rings is 1. The van der Waals surface area contributed by atoms with Gasteiger partial charge in [-0.1, -0.05) is 6.92 Å². The van der Waals surface area contributed by atoms with E-state index in [9.17, 15) is 9.59 Å². The summed E-state index contributed by atoms with van der Waals surface area (Å²) in [6.45, 7) is 6.93. The minimum absolute atomic E-state index is 0.00801. The molecule has 1 amide bonds. The third kappa shape index (κ3) is 4.22. The lowest BCUT2D eigenvalue weighted by Crippen LogP contribution is -3.27. The van der Waals surface area contributed by atoms with Crippen LogP contribution in [0.5, 0.6) is 0 Å². The van der Waals surface area contributed by atoms with Crippen molar-refractivity contribution < 1.29 is 24.1 Å². The van der Waals surface area contributed by atoms with Gasteiger partial charge in [0.15, 0.2) is 6.54 Å². The second-order valence-electron chi connectivity index (χ2n) is 7.48. The summed E-state index contributed by atoms with van der Waals surface area (Å²) in [6.07, 6.45) is 2.95. The van der Waals surface area contributed by atoms with Crippen LogP contribution in [-0.2, 0) is 22.4 Å². The van der Waals surface area contributed by atoms with E-state index in [0.29, 0.717) is 23.0 Å². The molecule has 0 bridgehead atoms. The summed E-state index contributed by atoms with van der Waals surface area (Å²) in [5, 5.41) is 3.68. The highest BCUT2D eigenvalue weighted by Crippen LogP contribution is 2.39. The first kappa shape index (κ1) is 18.4. The second kappa shape index (κ2) is 7.85. The maximum Gasteiger partial charge on any atom is 0.341 e. The van der Waals surface area contributed by atoms with Crippen LogP contribution in [0.2, 0.25) is 0 Å². The molecule has 0 saturated carbocycles. The lowest BCUT2D eigenvalue weighted by molar-refractivity contribution is -0.999. The van der Waals surface area contributed by atoms with Gasteiger partial charge in [0, 0.05) is 4.88 Å². The van der Waals surface area contributed by atoms with Gasteiger partial charge in [0.1, 0.15) is 31.2 Å². The van der Waals surface area contributed by atoms with E-state index in [1.165, 1.54) is 21.8 Å². The maximum absolute atomic E-state index is 12.5. The number of ether oxygens (including phenoxy) is 1. The summed E-state index contributed by atoms with van der Waals surface area (Å²) >= 11 is 1.55. The molecule has 1 aliphatic carbocycles. The van der Waals surface area contributed by atoms with Crippen molar-refractivity contribution in [1.29, 1.82) is 0 Å². The van der Waals surface area contributed by atoms with Gasteiger partial charge < -0.3 is 19.9 Å². The number of nitrogens with one attached hydrogen (secondary N) is 3. The van der Waals surface area contributed by atoms with Gasteiger partial charge in [-0.3, -0.25) is 4.79 Å². The molecule has 1 fully saturated rings. The Morgan fingerprint density at radius 2 is 2.00 bits per heavy atom. The monoisotopic (exact) mass is 367 g/mol. The number of rotatable bonds is 4. The molecule has 3 N–H and O–H groups in total. The molecular formula is C18H29N3O3S+2. The fraction of sp³-hybridized carbons (Fsp3) is 0.667. The van der Waals surface area contributed by atoms with Gasteiger partial charge in [0.25, 0.3) is 5.91 Å². The summed E-state index contributed by atoms with van der Waals surface area (Å²) in [5.74, 6) is 0.279. The molecule has 0 radical (unpaired) electrons. The quantitative estimate of drug-likeness (QED) is 0.599. The van der Waals surface area contributed by atoms with E-state index in [0.717, 1.165) is 51.0 Å². The van der Waals surface area contributed by atoms with Crippen molar-refractivity contribution in [3.8, 4) is 0 Å². The van der Waals surface area contributed by atoms with Crippen molar-refractivity contribution >= 4 is 28.2 Å². The molecule has 1 atom stereocenters. The number of hydrogen-bond donors (Lipinski definition) is 3. The standard InChI is InChI=1S/C18H27N3O3S/c1-12-4-5-13-14(10-12)25-17(16(13)18(23)24-3)19-15(22)11-21-8-6-20(2)7-9-21/h12H,4-11H2,1-3H3,(H,19,22)/p+2/t12-/m1/s1. The van der Waals surface area contributed by atoms with Crippen LogP contribution in [-0.4, -0.2) is 58.8 Å². The van der Waals surface area contributed by atoms with Crippen molar-refractivity contribution in [3.63, 3.8) is 0 Å². The molecule has 1 aromatic heterocycles. The van der Waals surface area contributed by atoms with E-state index >= 15 is 0 Å². The van der Waals surface area contributed by atoms with Gasteiger partial charge in [-0.05, 0) is 30.7 Å². The van der Waals surface area contributed by atoms with Crippen LogP contribution in [0.4, 0.5) is 5.00 Å². The Morgan fingerprint density at radius 1 is 1.28 bits per heavy atom. The van der Waals surface area contributed by atoms with Crippen molar-refractivity contribution in [2.24, 2.45) is 5.92 Å². The van der Waals surface area contributed by atoms with E-state index < -0.39 is 0 Å². The maximum atomic E-state index is 12.5. The van der Waals surface area contributed by atoms with Gasteiger partial charge in [-0.25, -0.2) is 4.79 Å². The van der Waals surface area contributed by atoms with Crippen LogP contribution in [0.15, 0.2) is 0 Å². The van der Waals surface area contributed by atoms with Gasteiger partial charge in [0.2, 0.25) is 0 Å². The number of anilines is 1. The Balaban J connectivity index is 1.73. The fourth-order valence-corrected chi connectivity index (χ4v) is 5.18. The zero-order valence-electron chi connectivity index (χ0n) is 15.4. The molecule has 0 spiro atoms. The largest absolute Gasteiger partial charge is 0.465 e. The third-order valence-electron chi connectivity index (χ3n) is 5.38. The van der Waals surface area contributed by atoms with E-state index in [1.54, 1.807) is 11.3 Å². The lowest BCUT2D eigenvalue weighted by atomic mass is 9.88. The predicted octanol–water partition coefficient (Wildman–Crippen LogP) is -0.989. The summed E-state index contributed by atoms with van der Waals surface area (Å²) < 4.78 is 4.98. The van der Waals surface area contributed by atoms with Crippen molar-refractivity contribution in [1.82, 2.24) is 0 Å². The molecule has 2 aliphatic rings. The number of carbonyl (C=O) groups excluding carboxylic acids is 2. The predicted molar refractivity (Wildman–Crippen MR) is 97.7 cm³/mol. The average molecular weight is 368 g/mol. The van der Waals surface area contributed by atoms with Crippen molar-refractivity contribution in [3.05, 3.63) is 16.0 Å². The molecule has 0 aromatic carbocycles. The average Bonchev–Trinajstić information content (AvgIpc) is 2.92. The highest BCUT2D eigenvalue weighted by Gasteiger charge is 2.30. The van der Waals surface area contributed by atoms with Crippen molar-refractivity contribution in [2.45, 2.75) is 26.2 Å². The van der Waals surface area contributed by atoms with Gasteiger partial charge in [-0.2, -0.15) is 0 Å². The number of methoxy groups -OCH3 is 1. The normalized spacial score (nSPS) is 26.0. The SMILES string of the molecule is COC(=O)c1c(NC(=O)C[NH+]2CC[NH+](C)CC2)sc2c1CC[C@@H](C)C2. The van der Waals surface area contributed by atoms with E-state index in [4.69, 9.17) is 4.74 Å². The Hall–Kier alpha value is -1.44. The van der Waals surface area contributed by atoms with Gasteiger partial charge in [-0.15, -0.1) is 11.3 Å². The van der Waals surface area contributed by atoms with Crippen LogP contribution in [0.1, 0.15) is 34.1 Å². The zero-order valence-corrected chi connectivity index (χ0v) is 16.2. The number of esters is 1. The minimum Gasteiger partial charge on any atom is -0.465 e. The number of thiophene rings is 1. The number of carbonyl (C=O) groups is 2. The summed E-state index contributed by atoms with van der Waals surface area (Å²) in [6, 6.07) is 0. The highest BCUT2D eigenvalue weighted by molar-refractivity contribution is 7.17. The molecule has 1 aromatic rings. The van der Waals surface area contributed by atoms with Crippen LogP contribution in [0.3, 0.4) is 0 Å². The third-order valence-corrected chi connectivity index (χ3v) is 6.55. The molecule has 0 unspecified atom stereocenters. The molecule has 25 heavy (non-hydrogen) atoms. The molecule has 2 heterocycles. The van der Waals surface area contributed by atoms with Crippen molar-refractivity contribution in [2.75, 3.05) is 52.2 Å². The van der Waals surface area contributed by atoms with Crippen LogP contribution in [0, 0.1) is 5.92 Å². The molecule has 7 heteroatoms. The molecule has 6 nitrogen and oxygen atoms in total. The highest BCUT2D eigenvalue weighted by atomic mass is 32.1. The number of fused-ring (bicyclic) bond motifs is 1. The Bertz CT molecular complexity index is 650. The number of quaternary nitrogens is 2. The Labute approximate surface area is 153 Å². The lowest BCUT2D eigenvalue weighted by Gasteiger charge is -2.26. The summed E-state index contributed by atoms with van der Waals surface area (Å²) in [7, 11) is 3.59. The van der Waals surface area contributed by atoms with Crippen LogP contribution >= 0.6 is 11.3 Å². The number of amides is 1. The van der Waals surface area contributed by atoms with Crippen LogP contribution < -0.4 is 15.1 Å². The zero-order chi connectivity index (χ0) is 18.0. The second-order valence-corrected chi connectivity index (χ2v) is 8.58. The first-order chi connectivity index (χ1) is 12.0. The van der Waals surface area contributed by atoms with Gasteiger partial charge >= 0.3 is 5.97 Å². The Morgan fingerprint density at radius 3 is 2.68 bits per heavy atom. The molecule has 1 saturated heterocycles. The Kier molecular flexibility index (Phi) is 5.76. The van der Waals surface area contributed by atoms with Gasteiger partial charge in [0.05, 0.1) is 19.7 Å². The van der Waals surface area contributed by atoms with E-state index in [-0.39, 0.29) is 11.9 Å². The molecular weight excluding hydrogens is 338 g/mol. The van der Waals surface area contributed by atoms with E-state index in [1.807, 2.05) is 0 Å². The first-order valence-electron chi connectivity index (χ1n) is 9.15. The van der Waals surface area contributed by atoms with Crippen LogP contribution in [0.25, 0.3) is 0 Å².